The average molecular weight is 226 g/mol. The second-order valence-electron chi connectivity index (χ2n) is 2.30. The van der Waals surface area contributed by atoms with Gasteiger partial charge in [-0.2, -0.15) is 0 Å². The molecule has 10 heavy (non-hydrogen) atoms. The third-order valence-corrected chi connectivity index (χ3v) is 6.07. The first-order valence-corrected chi connectivity index (χ1v) is 8.77. The average Bonchev–Trinajstić information content (AvgIpc) is 2.05. The zero-order chi connectivity index (χ0) is 7.40. The van der Waals surface area contributed by atoms with E-state index in [1.54, 1.807) is 0 Å². The van der Waals surface area contributed by atoms with Gasteiger partial charge in [0.05, 0.1) is 0 Å². The first kappa shape index (κ1) is 8.85. The topological polar surface area (TPSA) is 0 Å². The maximum atomic E-state index is 2.30. The van der Waals surface area contributed by atoms with Crippen molar-refractivity contribution in [2.24, 2.45) is 0 Å². The van der Waals surface area contributed by atoms with E-state index < -0.39 is 0 Å². The van der Waals surface area contributed by atoms with Gasteiger partial charge in [-0.3, -0.25) is 0 Å². The number of rotatable bonds is 2. The third kappa shape index (κ3) is 2.42. The van der Waals surface area contributed by atoms with Crippen LogP contribution in [0, 0.1) is 0 Å². The van der Waals surface area contributed by atoms with Crippen LogP contribution in [0.15, 0.2) is 30.3 Å². The SMILES string of the molecule is CC([PH][Y])c1ccccc1. The molecule has 0 spiro atoms. The fourth-order valence-corrected chi connectivity index (χ4v) is 2.64. The van der Waals surface area contributed by atoms with Gasteiger partial charge in [-0.15, -0.1) is 0 Å². The Morgan fingerprint density at radius 1 is 1.30 bits per heavy atom. The Kier molecular flexibility index (Phi) is 4.07. The molecule has 0 saturated carbocycles. The molecule has 2 heteroatoms. The Morgan fingerprint density at radius 3 is 2.40 bits per heavy atom. The summed E-state index contributed by atoms with van der Waals surface area (Å²) in [5, 5.41) is 0. The monoisotopic (exact) mass is 226 g/mol. The molecule has 0 nitrogen and oxygen atoms in total. The molecule has 1 aromatic carbocycles. The van der Waals surface area contributed by atoms with Crippen molar-refractivity contribution in [3.8, 4) is 0 Å². The molecule has 0 radical (unpaired) electrons. The van der Waals surface area contributed by atoms with Crippen molar-refractivity contribution in [2.45, 2.75) is 12.6 Å². The molecule has 0 N–H and O–H groups in total. The van der Waals surface area contributed by atoms with Crippen LogP contribution < -0.4 is 0 Å². The summed E-state index contributed by atoms with van der Waals surface area (Å²) in [7, 11) is 0. The predicted molar refractivity (Wildman–Crippen MR) is 43.2 cm³/mol. The number of hydrogen-bond donors (Lipinski definition) is 0. The van der Waals surface area contributed by atoms with Gasteiger partial charge in [0.25, 0.3) is 0 Å². The molecule has 1 aromatic rings. The first-order valence-electron chi connectivity index (χ1n) is 3.35. The Labute approximate surface area is 83.0 Å². The second-order valence-corrected chi connectivity index (χ2v) is 5.96. The Hall–Kier alpha value is 0.754. The number of hydrogen-bond acceptors (Lipinski definition) is 0. The zero-order valence-corrected chi connectivity index (χ0v) is 9.88. The van der Waals surface area contributed by atoms with Gasteiger partial charge in [0.15, 0.2) is 0 Å². The van der Waals surface area contributed by atoms with Crippen LogP contribution in [0.25, 0.3) is 0 Å². The summed E-state index contributed by atoms with van der Waals surface area (Å²) < 4.78 is 0. The van der Waals surface area contributed by atoms with Gasteiger partial charge >= 0.3 is 83.6 Å². The zero-order valence-electron chi connectivity index (χ0n) is 6.04. The van der Waals surface area contributed by atoms with Crippen molar-refractivity contribution < 1.29 is 30.3 Å². The van der Waals surface area contributed by atoms with E-state index in [-0.39, 0.29) is 0 Å². The number of benzene rings is 1. The summed E-state index contributed by atoms with van der Waals surface area (Å²) >= 11 is 1.39. The van der Waals surface area contributed by atoms with Gasteiger partial charge in [-0.1, -0.05) is 0 Å². The standard InChI is InChI=1S/C8H10P.Y/c1-7(9)8-5-3-2-4-6-8;/h2-7,9H,1H3;/q-1;+1. The van der Waals surface area contributed by atoms with Gasteiger partial charge in [-0.25, -0.2) is 0 Å². The van der Waals surface area contributed by atoms with Crippen LogP contribution in [0.3, 0.4) is 0 Å². The predicted octanol–water partition coefficient (Wildman–Crippen LogP) is 2.89. The summed E-state index contributed by atoms with van der Waals surface area (Å²) in [6, 6.07) is 10.7. The van der Waals surface area contributed by atoms with Crippen LogP contribution in [-0.2, 0) is 30.3 Å². The normalized spacial score (nSPS) is 14.0. The van der Waals surface area contributed by atoms with Crippen molar-refractivity contribution in [1.82, 2.24) is 0 Å². The Morgan fingerprint density at radius 2 is 1.90 bits per heavy atom. The van der Waals surface area contributed by atoms with E-state index in [1.165, 1.54) is 35.8 Å². The quantitative estimate of drug-likeness (QED) is 0.680. The Balaban J connectivity index is 2.75. The van der Waals surface area contributed by atoms with Crippen LogP contribution in [0.1, 0.15) is 18.1 Å². The van der Waals surface area contributed by atoms with E-state index in [9.17, 15) is 0 Å². The van der Waals surface area contributed by atoms with Crippen LogP contribution in [-0.4, -0.2) is 0 Å². The van der Waals surface area contributed by atoms with E-state index in [0.717, 1.165) is 10.5 Å². The summed E-state index contributed by atoms with van der Waals surface area (Å²) in [6.07, 6.45) is 0. The van der Waals surface area contributed by atoms with E-state index >= 15 is 0 Å². The van der Waals surface area contributed by atoms with Crippen molar-refractivity contribution >= 4 is 4.83 Å². The van der Waals surface area contributed by atoms with Crippen LogP contribution in [0.2, 0.25) is 0 Å². The molecule has 2 atom stereocenters. The van der Waals surface area contributed by atoms with Gasteiger partial charge in [0.1, 0.15) is 0 Å². The van der Waals surface area contributed by atoms with Crippen molar-refractivity contribution in [2.75, 3.05) is 0 Å². The van der Waals surface area contributed by atoms with Crippen molar-refractivity contribution in [3.05, 3.63) is 35.9 Å². The first-order chi connectivity index (χ1) is 4.84. The van der Waals surface area contributed by atoms with Crippen molar-refractivity contribution in [1.29, 1.82) is 0 Å². The molecule has 0 saturated heterocycles. The molecular weight excluding hydrogens is 216 g/mol. The van der Waals surface area contributed by atoms with Gasteiger partial charge in [0.2, 0.25) is 0 Å². The van der Waals surface area contributed by atoms with Crippen LogP contribution >= 0.6 is 4.83 Å². The molecule has 0 aromatic heterocycles. The molecule has 0 aliphatic carbocycles. The molecular formula is C8H10PY. The van der Waals surface area contributed by atoms with Gasteiger partial charge in [0, 0.05) is 0 Å². The van der Waals surface area contributed by atoms with E-state index in [2.05, 4.69) is 37.3 Å². The van der Waals surface area contributed by atoms with Crippen molar-refractivity contribution in [3.63, 3.8) is 0 Å². The molecule has 0 fully saturated rings. The maximum absolute atomic E-state index is 2.30. The molecule has 1 rings (SSSR count). The summed E-state index contributed by atoms with van der Waals surface area (Å²) in [5.74, 6) is 0. The molecule has 0 bridgehead atoms. The summed E-state index contributed by atoms with van der Waals surface area (Å²) in [4.78, 5) is 1.14. The fourth-order valence-electron chi connectivity index (χ4n) is 0.838. The van der Waals surface area contributed by atoms with Crippen LogP contribution in [0.5, 0.6) is 0 Å². The van der Waals surface area contributed by atoms with Gasteiger partial charge < -0.3 is 0 Å². The van der Waals surface area contributed by atoms with E-state index in [4.69, 9.17) is 0 Å². The molecule has 0 aliphatic rings. The minimum atomic E-state index is 0.795. The van der Waals surface area contributed by atoms with Crippen LogP contribution in [0.4, 0.5) is 0 Å². The van der Waals surface area contributed by atoms with E-state index in [0.29, 0.717) is 0 Å². The third-order valence-electron chi connectivity index (χ3n) is 1.55. The molecule has 50 valence electrons. The summed E-state index contributed by atoms with van der Waals surface area (Å²) in [6.45, 7) is 2.30. The molecule has 2 unspecified atom stereocenters. The van der Waals surface area contributed by atoms with Gasteiger partial charge in [-0.05, 0) is 0 Å². The van der Waals surface area contributed by atoms with E-state index in [1.807, 2.05) is 0 Å². The summed E-state index contributed by atoms with van der Waals surface area (Å²) in [5.41, 5.74) is 2.29. The Bertz CT molecular complexity index is 186. The fraction of sp³-hybridized carbons (Fsp3) is 0.250. The minimum absolute atomic E-state index is 0.795. The molecule has 0 aliphatic heterocycles. The molecule has 0 heterocycles. The second kappa shape index (κ2) is 4.60. The molecule has 0 amide bonds.